The molecule has 3 N–H and O–H groups in total. The molecule has 0 aromatic carbocycles. The van der Waals surface area contributed by atoms with Gasteiger partial charge in [0.15, 0.2) is 0 Å². The molecule has 0 spiro atoms. The smallest absolute Gasteiger partial charge is 0.263 e. The van der Waals surface area contributed by atoms with E-state index in [1.165, 1.54) is 49.1 Å². The predicted molar refractivity (Wildman–Crippen MR) is 111 cm³/mol. The summed E-state index contributed by atoms with van der Waals surface area (Å²) in [6, 6.07) is 4.65. The number of hydrogen-bond acceptors (Lipinski definition) is 5. The number of hydrogen-bond donors (Lipinski definition) is 2. The maximum absolute atomic E-state index is 12.2. The molecule has 0 saturated heterocycles. The Balaban J connectivity index is 0.00000210. The number of amides is 1. The van der Waals surface area contributed by atoms with Gasteiger partial charge in [-0.3, -0.25) is 14.4 Å². The summed E-state index contributed by atoms with van der Waals surface area (Å²) in [5.41, 5.74) is 8.55. The SMILES string of the molecule is Cl.Nc1ccsc1C(=O)NCc1cc2n(n1)CCCN(C1CCCCC1)C2. The first kappa shape index (κ1) is 20.2. The summed E-state index contributed by atoms with van der Waals surface area (Å²) in [5, 5.41) is 9.49. The van der Waals surface area contributed by atoms with Crippen LogP contribution in [0.2, 0.25) is 0 Å². The molecule has 1 aliphatic carbocycles. The lowest BCUT2D eigenvalue weighted by Gasteiger charge is -2.33. The van der Waals surface area contributed by atoms with Crippen LogP contribution in [0.5, 0.6) is 0 Å². The third-order valence-electron chi connectivity index (χ3n) is 5.52. The van der Waals surface area contributed by atoms with Crippen LogP contribution in [0.3, 0.4) is 0 Å². The van der Waals surface area contributed by atoms with Gasteiger partial charge in [0.2, 0.25) is 0 Å². The topological polar surface area (TPSA) is 76.2 Å². The molecule has 0 unspecified atom stereocenters. The Bertz CT molecular complexity index is 768. The van der Waals surface area contributed by atoms with E-state index < -0.39 is 0 Å². The molecule has 2 aromatic rings. The Kier molecular flexibility index (Phi) is 6.78. The van der Waals surface area contributed by atoms with Crippen LogP contribution in [0.25, 0.3) is 0 Å². The second-order valence-corrected chi connectivity index (χ2v) is 8.27. The number of aryl methyl sites for hydroxylation is 1. The van der Waals surface area contributed by atoms with E-state index in [1.54, 1.807) is 6.07 Å². The molecule has 1 fully saturated rings. The van der Waals surface area contributed by atoms with Gasteiger partial charge in [-0.2, -0.15) is 5.10 Å². The summed E-state index contributed by atoms with van der Waals surface area (Å²) in [6.45, 7) is 3.55. The van der Waals surface area contributed by atoms with Crippen molar-refractivity contribution in [3.05, 3.63) is 33.8 Å². The maximum atomic E-state index is 12.2. The maximum Gasteiger partial charge on any atom is 0.263 e. The Labute approximate surface area is 170 Å². The van der Waals surface area contributed by atoms with Gasteiger partial charge in [-0.05, 0) is 36.8 Å². The third kappa shape index (κ3) is 4.65. The zero-order chi connectivity index (χ0) is 17.9. The van der Waals surface area contributed by atoms with Crippen molar-refractivity contribution in [3.63, 3.8) is 0 Å². The zero-order valence-electron chi connectivity index (χ0n) is 15.5. The van der Waals surface area contributed by atoms with E-state index in [4.69, 9.17) is 10.8 Å². The third-order valence-corrected chi connectivity index (χ3v) is 6.45. The highest BCUT2D eigenvalue weighted by atomic mass is 35.5. The van der Waals surface area contributed by atoms with Crippen molar-refractivity contribution < 1.29 is 4.79 Å². The summed E-state index contributed by atoms with van der Waals surface area (Å²) >= 11 is 1.37. The molecule has 3 heterocycles. The summed E-state index contributed by atoms with van der Waals surface area (Å²) in [5.74, 6) is -0.121. The quantitative estimate of drug-likeness (QED) is 0.811. The molecule has 6 nitrogen and oxygen atoms in total. The van der Waals surface area contributed by atoms with E-state index in [0.717, 1.165) is 37.8 Å². The summed E-state index contributed by atoms with van der Waals surface area (Å²) < 4.78 is 2.13. The number of carbonyl (C=O) groups is 1. The lowest BCUT2D eigenvalue weighted by atomic mass is 9.94. The van der Waals surface area contributed by atoms with Gasteiger partial charge in [0.05, 0.1) is 23.6 Å². The first-order chi connectivity index (χ1) is 12.7. The van der Waals surface area contributed by atoms with Gasteiger partial charge in [-0.1, -0.05) is 19.3 Å². The standard InChI is InChI=1S/C19H27N5OS.ClH/c20-17-7-10-26-18(17)19(25)21-12-14-11-16-13-23(8-4-9-24(16)22-14)15-5-2-1-3-6-15;/h7,10-11,15H,1-6,8-9,12-13,20H2,(H,21,25);1H. The van der Waals surface area contributed by atoms with Crippen LogP contribution in [0.15, 0.2) is 17.5 Å². The molecule has 4 rings (SSSR count). The van der Waals surface area contributed by atoms with E-state index in [0.29, 0.717) is 17.1 Å². The first-order valence-corrected chi connectivity index (χ1v) is 10.5. The van der Waals surface area contributed by atoms with Gasteiger partial charge in [0, 0.05) is 25.7 Å². The van der Waals surface area contributed by atoms with Crippen molar-refractivity contribution in [1.82, 2.24) is 20.0 Å². The minimum absolute atomic E-state index is 0. The number of nitrogen functional groups attached to an aromatic ring is 1. The normalized spacial score (nSPS) is 18.4. The summed E-state index contributed by atoms with van der Waals surface area (Å²) in [4.78, 5) is 15.5. The number of nitrogens with zero attached hydrogens (tertiary/aromatic N) is 3. The van der Waals surface area contributed by atoms with Crippen LogP contribution in [0, 0.1) is 0 Å². The van der Waals surface area contributed by atoms with Crippen LogP contribution in [0.1, 0.15) is 59.6 Å². The van der Waals surface area contributed by atoms with Crippen LogP contribution < -0.4 is 11.1 Å². The molecule has 148 valence electrons. The van der Waals surface area contributed by atoms with E-state index >= 15 is 0 Å². The van der Waals surface area contributed by atoms with Crippen molar-refractivity contribution in [2.45, 2.75) is 64.2 Å². The number of thiophene rings is 1. The predicted octanol–water partition coefficient (Wildman–Crippen LogP) is 3.42. The molecule has 2 aliphatic rings. The molecule has 1 aliphatic heterocycles. The van der Waals surface area contributed by atoms with Gasteiger partial charge >= 0.3 is 0 Å². The number of aromatic nitrogens is 2. The Hall–Kier alpha value is -1.57. The molecular weight excluding hydrogens is 382 g/mol. The van der Waals surface area contributed by atoms with Gasteiger partial charge in [0.1, 0.15) is 4.88 Å². The summed E-state index contributed by atoms with van der Waals surface area (Å²) in [6.07, 6.45) is 7.93. The lowest BCUT2D eigenvalue weighted by Crippen LogP contribution is -2.36. The second-order valence-electron chi connectivity index (χ2n) is 7.35. The number of anilines is 1. The van der Waals surface area contributed by atoms with Crippen molar-refractivity contribution in [1.29, 1.82) is 0 Å². The zero-order valence-corrected chi connectivity index (χ0v) is 17.2. The molecular formula is C19H28ClN5OS. The van der Waals surface area contributed by atoms with Crippen LogP contribution in [-0.2, 0) is 19.6 Å². The monoisotopic (exact) mass is 409 g/mol. The van der Waals surface area contributed by atoms with E-state index in [-0.39, 0.29) is 18.3 Å². The number of rotatable bonds is 4. The highest BCUT2D eigenvalue weighted by Crippen LogP contribution is 2.26. The fourth-order valence-electron chi connectivity index (χ4n) is 4.15. The highest BCUT2D eigenvalue weighted by molar-refractivity contribution is 7.12. The van der Waals surface area contributed by atoms with Crippen LogP contribution >= 0.6 is 23.7 Å². The molecule has 1 amide bonds. The van der Waals surface area contributed by atoms with Crippen LogP contribution in [-0.4, -0.2) is 33.2 Å². The van der Waals surface area contributed by atoms with Crippen molar-refractivity contribution in [2.24, 2.45) is 0 Å². The molecule has 2 aromatic heterocycles. The number of carbonyl (C=O) groups excluding carboxylic acids is 1. The Morgan fingerprint density at radius 3 is 2.81 bits per heavy atom. The molecule has 8 heteroatoms. The number of fused-ring (bicyclic) bond motifs is 1. The second kappa shape index (κ2) is 9.08. The van der Waals surface area contributed by atoms with Crippen LogP contribution in [0.4, 0.5) is 5.69 Å². The number of nitrogens with one attached hydrogen (secondary N) is 1. The van der Waals surface area contributed by atoms with Crippen molar-refractivity contribution in [3.8, 4) is 0 Å². The number of halogens is 1. The van der Waals surface area contributed by atoms with E-state index in [1.807, 2.05) is 5.38 Å². The largest absolute Gasteiger partial charge is 0.397 e. The fourth-order valence-corrected chi connectivity index (χ4v) is 4.88. The van der Waals surface area contributed by atoms with E-state index in [2.05, 4.69) is 21.0 Å². The fraction of sp³-hybridized carbons (Fsp3) is 0.579. The van der Waals surface area contributed by atoms with Gasteiger partial charge in [0.25, 0.3) is 5.91 Å². The Morgan fingerprint density at radius 2 is 2.07 bits per heavy atom. The molecule has 0 radical (unpaired) electrons. The average Bonchev–Trinajstić information content (AvgIpc) is 3.20. The minimum Gasteiger partial charge on any atom is -0.397 e. The van der Waals surface area contributed by atoms with Gasteiger partial charge in [-0.15, -0.1) is 23.7 Å². The summed E-state index contributed by atoms with van der Waals surface area (Å²) in [7, 11) is 0. The molecule has 0 bridgehead atoms. The Morgan fingerprint density at radius 1 is 1.26 bits per heavy atom. The van der Waals surface area contributed by atoms with Crippen molar-refractivity contribution in [2.75, 3.05) is 12.3 Å². The minimum atomic E-state index is -0.121. The van der Waals surface area contributed by atoms with Crippen molar-refractivity contribution >= 4 is 35.3 Å². The highest BCUT2D eigenvalue weighted by Gasteiger charge is 2.24. The van der Waals surface area contributed by atoms with Gasteiger partial charge in [-0.25, -0.2) is 0 Å². The lowest BCUT2D eigenvalue weighted by molar-refractivity contribution is 0.0955. The molecule has 1 saturated carbocycles. The van der Waals surface area contributed by atoms with Gasteiger partial charge < -0.3 is 11.1 Å². The first-order valence-electron chi connectivity index (χ1n) is 9.61. The number of nitrogens with two attached hydrogens (primary N) is 1. The van der Waals surface area contributed by atoms with E-state index in [9.17, 15) is 4.79 Å². The average molecular weight is 410 g/mol. The molecule has 0 atom stereocenters. The molecule has 27 heavy (non-hydrogen) atoms.